The molecule has 2 aromatic rings. The average molecular weight is 548 g/mol. The summed E-state index contributed by atoms with van der Waals surface area (Å²) in [6.07, 6.45) is 0. The van der Waals surface area contributed by atoms with E-state index in [2.05, 4.69) is 31.0 Å². The van der Waals surface area contributed by atoms with Crippen molar-refractivity contribution in [2.24, 2.45) is 12.2 Å². The highest BCUT2D eigenvalue weighted by Gasteiger charge is 2.54. The van der Waals surface area contributed by atoms with E-state index < -0.39 is 29.2 Å². The van der Waals surface area contributed by atoms with E-state index in [-0.39, 0.29) is 34.6 Å². The number of nitrogens with one attached hydrogen (secondary N) is 1. The van der Waals surface area contributed by atoms with Gasteiger partial charge in [0.15, 0.2) is 10.8 Å². The SMILES string of the molecule is CON=C(C(=O)N[C@@H]1C(=O)N2C(C(=O)O)=C(CSc3nnnn3C)CS[C@H]12)c1csc(N)n1.Cl. The summed E-state index contributed by atoms with van der Waals surface area (Å²) in [6.45, 7) is 0. The lowest BCUT2D eigenvalue weighted by Crippen LogP contribution is -2.71. The quantitative estimate of drug-likeness (QED) is 0.167. The lowest BCUT2D eigenvalue weighted by atomic mass is 10.0. The largest absolute Gasteiger partial charge is 0.477 e. The fourth-order valence-electron chi connectivity index (χ4n) is 3.19. The average Bonchev–Trinajstić information content (AvgIpc) is 3.40. The predicted octanol–water partition coefficient (Wildman–Crippen LogP) is -0.448. The van der Waals surface area contributed by atoms with Crippen LogP contribution in [0.25, 0.3) is 0 Å². The van der Waals surface area contributed by atoms with Gasteiger partial charge in [0, 0.05) is 23.9 Å². The minimum atomic E-state index is -1.22. The summed E-state index contributed by atoms with van der Waals surface area (Å²) in [6, 6.07) is -0.924. The number of thioether (sulfide) groups is 2. The summed E-state index contributed by atoms with van der Waals surface area (Å²) in [7, 11) is 2.95. The molecule has 0 radical (unpaired) electrons. The number of rotatable bonds is 8. The molecule has 2 aromatic heterocycles. The molecule has 1 saturated heterocycles. The van der Waals surface area contributed by atoms with Crippen molar-refractivity contribution in [1.82, 2.24) is 35.4 Å². The second-order valence-corrected chi connectivity index (χ2v) is 9.62. The zero-order valence-electron chi connectivity index (χ0n) is 17.6. The van der Waals surface area contributed by atoms with Gasteiger partial charge in [-0.1, -0.05) is 16.9 Å². The minimum Gasteiger partial charge on any atom is -0.477 e. The molecule has 0 bridgehead atoms. The standard InChI is InChI=1S/C16H17N9O5S3.ClH/c1-24-16(20-22-23-24)33-4-6-3-31-13-9(12(27)25(13)10(6)14(28)29)19-11(26)8(21-30-2)7-5-32-15(17)18-7;/h5,9,13H,3-4H2,1-2H3,(H2,17,18)(H,19,26)(H,28,29);1H/t9-,13-;/m1./s1. The number of nitrogen functional groups attached to an aromatic ring is 1. The molecule has 18 heteroatoms. The van der Waals surface area contributed by atoms with Gasteiger partial charge in [0.1, 0.15) is 29.9 Å². The Morgan fingerprint density at radius 3 is 2.82 bits per heavy atom. The van der Waals surface area contributed by atoms with Gasteiger partial charge in [-0.15, -0.1) is 40.6 Å². The number of nitrogens with zero attached hydrogens (tertiary/aromatic N) is 7. The van der Waals surface area contributed by atoms with Gasteiger partial charge in [0.2, 0.25) is 5.16 Å². The van der Waals surface area contributed by atoms with Gasteiger partial charge in [-0.2, -0.15) is 0 Å². The molecular weight excluding hydrogens is 530 g/mol. The van der Waals surface area contributed by atoms with Crippen molar-refractivity contribution < 1.29 is 24.3 Å². The number of tetrazole rings is 1. The number of aliphatic carboxylic acids is 1. The normalized spacial score (nSPS) is 19.8. The fourth-order valence-corrected chi connectivity index (χ4v) is 6.07. The molecule has 2 atom stereocenters. The highest BCUT2D eigenvalue weighted by Crippen LogP contribution is 2.41. The Hall–Kier alpha value is -2.89. The van der Waals surface area contributed by atoms with Crippen LogP contribution in [0.1, 0.15) is 5.69 Å². The van der Waals surface area contributed by atoms with Crippen LogP contribution < -0.4 is 11.1 Å². The van der Waals surface area contributed by atoms with Crippen LogP contribution in [-0.2, 0) is 26.3 Å². The summed E-state index contributed by atoms with van der Waals surface area (Å²) in [5, 5.41) is 29.0. The first kappa shape index (κ1) is 25.7. The molecule has 4 N–H and O–H groups in total. The van der Waals surface area contributed by atoms with Gasteiger partial charge in [-0.3, -0.25) is 14.5 Å². The summed E-state index contributed by atoms with van der Waals surface area (Å²) in [4.78, 5) is 47.6. The van der Waals surface area contributed by atoms with Crippen LogP contribution in [0.3, 0.4) is 0 Å². The van der Waals surface area contributed by atoms with E-state index in [1.165, 1.54) is 40.2 Å². The van der Waals surface area contributed by atoms with Crippen LogP contribution in [0.4, 0.5) is 5.13 Å². The number of carbonyl (C=O) groups excluding carboxylic acids is 2. The number of carboxylic acid groups (broad SMARTS) is 1. The molecule has 0 saturated carbocycles. The number of hydrogen-bond donors (Lipinski definition) is 3. The molecular formula is C16H18ClN9O5S3. The smallest absolute Gasteiger partial charge is 0.352 e. The molecule has 1 fully saturated rings. The number of amides is 2. The Kier molecular flexibility index (Phi) is 8.01. The van der Waals surface area contributed by atoms with Crippen molar-refractivity contribution in [2.45, 2.75) is 16.6 Å². The van der Waals surface area contributed by atoms with Crippen molar-refractivity contribution in [3.8, 4) is 0 Å². The van der Waals surface area contributed by atoms with Crippen molar-refractivity contribution in [3.63, 3.8) is 0 Å². The van der Waals surface area contributed by atoms with Gasteiger partial charge in [0.25, 0.3) is 11.8 Å². The summed E-state index contributed by atoms with van der Waals surface area (Å²) < 4.78 is 1.47. The first-order valence-electron chi connectivity index (χ1n) is 9.20. The van der Waals surface area contributed by atoms with Gasteiger partial charge in [0.05, 0.1) is 0 Å². The number of aryl methyl sites for hydroxylation is 1. The summed E-state index contributed by atoms with van der Waals surface area (Å²) in [5.41, 5.74) is 6.17. The van der Waals surface area contributed by atoms with E-state index in [0.717, 1.165) is 11.3 Å². The number of fused-ring (bicyclic) bond motifs is 1. The second-order valence-electron chi connectivity index (χ2n) is 6.69. The van der Waals surface area contributed by atoms with E-state index in [1.54, 1.807) is 12.4 Å². The lowest BCUT2D eigenvalue weighted by molar-refractivity contribution is -0.150. The maximum atomic E-state index is 12.9. The molecule has 182 valence electrons. The molecule has 2 aliphatic rings. The second kappa shape index (κ2) is 10.6. The third kappa shape index (κ3) is 4.82. The Labute approximate surface area is 210 Å². The van der Waals surface area contributed by atoms with Gasteiger partial charge < -0.3 is 21.0 Å². The predicted molar refractivity (Wildman–Crippen MR) is 127 cm³/mol. The Bertz CT molecular complexity index is 1180. The van der Waals surface area contributed by atoms with Crippen LogP contribution in [0.5, 0.6) is 0 Å². The number of hydrogen-bond acceptors (Lipinski definition) is 13. The lowest BCUT2D eigenvalue weighted by Gasteiger charge is -2.49. The maximum absolute atomic E-state index is 12.9. The topological polar surface area (TPSA) is 191 Å². The van der Waals surface area contributed by atoms with Crippen LogP contribution in [0.15, 0.2) is 27.0 Å². The number of carboxylic acids is 1. The first-order chi connectivity index (χ1) is 15.8. The molecule has 34 heavy (non-hydrogen) atoms. The van der Waals surface area contributed by atoms with Crippen LogP contribution in [0, 0.1) is 0 Å². The van der Waals surface area contributed by atoms with Crippen molar-refractivity contribution >= 4 is 75.9 Å². The summed E-state index contributed by atoms with van der Waals surface area (Å²) >= 11 is 3.75. The zero-order valence-corrected chi connectivity index (χ0v) is 20.8. The number of aromatic nitrogens is 5. The molecule has 0 spiro atoms. The molecule has 4 heterocycles. The zero-order chi connectivity index (χ0) is 23.7. The van der Waals surface area contributed by atoms with E-state index in [4.69, 9.17) is 10.6 Å². The maximum Gasteiger partial charge on any atom is 0.352 e. The van der Waals surface area contributed by atoms with Crippen molar-refractivity contribution in [3.05, 3.63) is 22.3 Å². The van der Waals surface area contributed by atoms with Crippen molar-refractivity contribution in [2.75, 3.05) is 24.3 Å². The molecule has 0 aromatic carbocycles. The number of nitrogens with two attached hydrogens (primary N) is 1. The molecule has 4 rings (SSSR count). The highest BCUT2D eigenvalue weighted by atomic mass is 35.5. The van der Waals surface area contributed by atoms with Crippen LogP contribution in [0.2, 0.25) is 0 Å². The highest BCUT2D eigenvalue weighted by molar-refractivity contribution is 8.01. The first-order valence-corrected chi connectivity index (χ1v) is 12.1. The van der Waals surface area contributed by atoms with Crippen LogP contribution >= 0.6 is 47.3 Å². The number of oxime groups is 1. The van der Waals surface area contributed by atoms with E-state index in [0.29, 0.717) is 22.2 Å². The van der Waals surface area contributed by atoms with E-state index in [9.17, 15) is 19.5 Å². The van der Waals surface area contributed by atoms with Gasteiger partial charge in [-0.05, 0) is 16.0 Å². The number of carbonyl (C=O) groups is 3. The number of thiazole rings is 1. The monoisotopic (exact) mass is 547 g/mol. The third-order valence-electron chi connectivity index (χ3n) is 4.66. The minimum absolute atomic E-state index is 0. The number of β-lactam (4-membered cyclic amide) rings is 1. The molecule has 0 unspecified atom stereocenters. The van der Waals surface area contributed by atoms with Crippen LogP contribution in [-0.4, -0.2) is 88.7 Å². The Morgan fingerprint density at radius 1 is 1.47 bits per heavy atom. The molecule has 2 aliphatic heterocycles. The fraction of sp³-hybridized carbons (Fsp3) is 0.375. The number of halogens is 1. The van der Waals surface area contributed by atoms with Crippen molar-refractivity contribution in [1.29, 1.82) is 0 Å². The van der Waals surface area contributed by atoms with Gasteiger partial charge >= 0.3 is 5.97 Å². The number of anilines is 1. The molecule has 14 nitrogen and oxygen atoms in total. The van der Waals surface area contributed by atoms with E-state index >= 15 is 0 Å². The molecule has 2 amide bonds. The third-order valence-corrected chi connectivity index (χ3v) is 7.77. The Morgan fingerprint density at radius 2 is 2.24 bits per heavy atom. The molecule has 0 aliphatic carbocycles. The van der Waals surface area contributed by atoms with Gasteiger partial charge in [-0.25, -0.2) is 14.5 Å². The Balaban J connectivity index is 0.00000324. The summed E-state index contributed by atoms with van der Waals surface area (Å²) in [5.74, 6) is -1.77. The van der Waals surface area contributed by atoms with E-state index in [1.807, 2.05) is 0 Å².